The largest absolute Gasteiger partial charge is 0.465 e. The van der Waals surface area contributed by atoms with E-state index < -0.39 is 16.0 Å². The zero-order valence-corrected chi connectivity index (χ0v) is 15.8. The van der Waals surface area contributed by atoms with Crippen molar-refractivity contribution >= 4 is 38.4 Å². The zero-order chi connectivity index (χ0) is 19.8. The van der Waals surface area contributed by atoms with Crippen molar-refractivity contribution in [2.24, 2.45) is 0 Å². The molecule has 0 saturated carbocycles. The minimum absolute atomic E-state index is 0.0803. The molecule has 0 spiro atoms. The lowest BCUT2D eigenvalue weighted by atomic mass is 10.0. The highest BCUT2D eigenvalue weighted by Gasteiger charge is 2.22. The molecule has 0 atom stereocenters. The van der Waals surface area contributed by atoms with Gasteiger partial charge in [0.25, 0.3) is 10.0 Å². The molecule has 0 saturated heterocycles. The number of hydrogen-bond acceptors (Lipinski definition) is 5. The van der Waals surface area contributed by atoms with Crippen LogP contribution in [0.2, 0.25) is 0 Å². The standard InChI is InChI=1S/C19H18N2O5S/c1-11-17(12(2)22)15-9-13(19(23)26-3)10-16(18(15)20-11)21-27(24,25)14-7-5-4-6-8-14/h4-10,20-21H,1-3H3. The molecular formula is C19H18N2O5S. The number of benzene rings is 2. The minimum atomic E-state index is -3.88. The van der Waals surface area contributed by atoms with E-state index in [1.165, 1.54) is 38.3 Å². The second-order valence-corrected chi connectivity index (χ2v) is 7.72. The number of esters is 1. The number of hydrogen-bond donors (Lipinski definition) is 2. The Morgan fingerprint density at radius 2 is 1.78 bits per heavy atom. The summed E-state index contributed by atoms with van der Waals surface area (Å²) in [6.45, 7) is 3.12. The number of carbonyl (C=O) groups excluding carboxylic acids is 2. The van der Waals surface area contributed by atoms with E-state index in [-0.39, 0.29) is 21.9 Å². The lowest BCUT2D eigenvalue weighted by molar-refractivity contribution is 0.0600. The van der Waals surface area contributed by atoms with Gasteiger partial charge in [-0.25, -0.2) is 13.2 Å². The van der Waals surface area contributed by atoms with Gasteiger partial charge in [0, 0.05) is 16.6 Å². The second-order valence-electron chi connectivity index (χ2n) is 6.04. The Kier molecular flexibility index (Phi) is 4.75. The maximum absolute atomic E-state index is 12.7. The molecule has 0 bridgehead atoms. The Morgan fingerprint density at radius 1 is 1.11 bits per heavy atom. The van der Waals surface area contributed by atoms with Crippen LogP contribution in [0.3, 0.4) is 0 Å². The van der Waals surface area contributed by atoms with Gasteiger partial charge in [0.2, 0.25) is 0 Å². The maximum Gasteiger partial charge on any atom is 0.337 e. The van der Waals surface area contributed by atoms with Gasteiger partial charge in [0.15, 0.2) is 5.78 Å². The first kappa shape index (κ1) is 18.7. The monoisotopic (exact) mass is 386 g/mol. The predicted molar refractivity (Wildman–Crippen MR) is 102 cm³/mol. The molecular weight excluding hydrogens is 368 g/mol. The molecule has 7 nitrogen and oxygen atoms in total. The van der Waals surface area contributed by atoms with E-state index in [4.69, 9.17) is 4.74 Å². The van der Waals surface area contributed by atoms with Crippen LogP contribution >= 0.6 is 0 Å². The molecule has 0 fully saturated rings. The molecule has 0 radical (unpaired) electrons. The van der Waals surface area contributed by atoms with Crippen LogP contribution in [-0.2, 0) is 14.8 Å². The van der Waals surface area contributed by atoms with E-state index in [9.17, 15) is 18.0 Å². The number of anilines is 1. The van der Waals surface area contributed by atoms with Crippen LogP contribution in [0.25, 0.3) is 10.9 Å². The maximum atomic E-state index is 12.7. The quantitative estimate of drug-likeness (QED) is 0.517. The summed E-state index contributed by atoms with van der Waals surface area (Å²) in [7, 11) is -2.65. The molecule has 1 aromatic heterocycles. The zero-order valence-electron chi connectivity index (χ0n) is 15.0. The van der Waals surface area contributed by atoms with E-state index in [2.05, 4.69) is 9.71 Å². The smallest absolute Gasteiger partial charge is 0.337 e. The van der Waals surface area contributed by atoms with Crippen LogP contribution in [0, 0.1) is 6.92 Å². The Balaban J connectivity index is 2.24. The normalized spacial score (nSPS) is 11.4. The molecule has 3 rings (SSSR count). The molecule has 2 aromatic carbocycles. The third-order valence-electron chi connectivity index (χ3n) is 4.17. The number of Topliss-reactive ketones (excluding diaryl/α,β-unsaturated/α-hetero) is 1. The van der Waals surface area contributed by atoms with Gasteiger partial charge in [-0.1, -0.05) is 18.2 Å². The number of ether oxygens (including phenoxy) is 1. The van der Waals surface area contributed by atoms with Gasteiger partial charge in [0.05, 0.1) is 28.8 Å². The SMILES string of the molecule is COC(=O)c1cc(NS(=O)(=O)c2ccccc2)c2[nH]c(C)c(C(C)=O)c2c1. The van der Waals surface area contributed by atoms with E-state index >= 15 is 0 Å². The van der Waals surface area contributed by atoms with Gasteiger partial charge < -0.3 is 9.72 Å². The number of methoxy groups -OCH3 is 1. The van der Waals surface area contributed by atoms with Crippen LogP contribution in [0.15, 0.2) is 47.4 Å². The summed E-state index contributed by atoms with van der Waals surface area (Å²) in [6, 6.07) is 10.8. The molecule has 0 aliphatic rings. The average Bonchev–Trinajstić information content (AvgIpc) is 2.97. The molecule has 0 aliphatic heterocycles. The van der Waals surface area contributed by atoms with Crippen molar-refractivity contribution in [2.45, 2.75) is 18.7 Å². The third-order valence-corrected chi connectivity index (χ3v) is 5.55. The number of fused-ring (bicyclic) bond motifs is 1. The van der Waals surface area contributed by atoms with E-state index in [0.717, 1.165) is 0 Å². The molecule has 2 N–H and O–H groups in total. The average molecular weight is 386 g/mol. The van der Waals surface area contributed by atoms with Crippen LogP contribution < -0.4 is 4.72 Å². The van der Waals surface area contributed by atoms with Crippen LogP contribution in [0.1, 0.15) is 33.3 Å². The predicted octanol–water partition coefficient (Wildman–Crippen LogP) is 3.27. The van der Waals surface area contributed by atoms with Gasteiger partial charge in [-0.15, -0.1) is 0 Å². The van der Waals surface area contributed by atoms with Gasteiger partial charge in [-0.05, 0) is 38.1 Å². The van der Waals surface area contributed by atoms with Gasteiger partial charge in [-0.2, -0.15) is 0 Å². The lowest BCUT2D eigenvalue weighted by Gasteiger charge is -2.11. The van der Waals surface area contributed by atoms with Crippen molar-refractivity contribution in [3.05, 3.63) is 59.3 Å². The molecule has 27 heavy (non-hydrogen) atoms. The number of rotatable bonds is 5. The number of aryl methyl sites for hydroxylation is 1. The highest BCUT2D eigenvalue weighted by Crippen LogP contribution is 2.32. The number of carbonyl (C=O) groups is 2. The van der Waals surface area contributed by atoms with Crippen LogP contribution in [0.4, 0.5) is 5.69 Å². The Morgan fingerprint density at radius 3 is 2.37 bits per heavy atom. The second kappa shape index (κ2) is 6.88. The van der Waals surface area contributed by atoms with Crippen molar-refractivity contribution in [1.29, 1.82) is 0 Å². The highest BCUT2D eigenvalue weighted by molar-refractivity contribution is 7.92. The summed E-state index contributed by atoms with van der Waals surface area (Å²) in [5.74, 6) is -0.831. The molecule has 0 unspecified atom stereocenters. The number of ketones is 1. The summed E-state index contributed by atoms with van der Waals surface area (Å²) in [5, 5.41) is 0.452. The first-order valence-electron chi connectivity index (χ1n) is 8.08. The van der Waals surface area contributed by atoms with Gasteiger partial charge >= 0.3 is 5.97 Å². The van der Waals surface area contributed by atoms with Crippen molar-refractivity contribution in [1.82, 2.24) is 4.98 Å². The van der Waals surface area contributed by atoms with Crippen molar-refractivity contribution < 1.29 is 22.7 Å². The van der Waals surface area contributed by atoms with Crippen LogP contribution in [-0.4, -0.2) is 32.3 Å². The lowest BCUT2D eigenvalue weighted by Crippen LogP contribution is -2.14. The number of nitrogens with one attached hydrogen (secondary N) is 2. The number of aromatic amines is 1. The fraction of sp³-hybridized carbons (Fsp3) is 0.158. The van der Waals surface area contributed by atoms with Gasteiger partial charge in [-0.3, -0.25) is 9.52 Å². The van der Waals surface area contributed by atoms with E-state index in [1.54, 1.807) is 25.1 Å². The molecule has 0 aliphatic carbocycles. The summed E-state index contributed by atoms with van der Waals surface area (Å²) in [6.07, 6.45) is 0. The Hall–Kier alpha value is -3.13. The number of aromatic nitrogens is 1. The molecule has 1 heterocycles. The summed E-state index contributed by atoms with van der Waals surface area (Å²) >= 11 is 0. The summed E-state index contributed by atoms with van der Waals surface area (Å²) < 4.78 is 32.7. The first-order chi connectivity index (χ1) is 12.7. The Labute approximate surface area is 156 Å². The third kappa shape index (κ3) is 3.43. The minimum Gasteiger partial charge on any atom is -0.465 e. The summed E-state index contributed by atoms with van der Waals surface area (Å²) in [5.41, 5.74) is 1.70. The van der Waals surface area contributed by atoms with E-state index in [0.29, 0.717) is 22.2 Å². The number of H-pyrrole nitrogens is 1. The molecule has 3 aromatic rings. The van der Waals surface area contributed by atoms with E-state index in [1.807, 2.05) is 0 Å². The molecule has 140 valence electrons. The fourth-order valence-electron chi connectivity index (χ4n) is 3.00. The number of sulfonamides is 1. The first-order valence-corrected chi connectivity index (χ1v) is 9.56. The van der Waals surface area contributed by atoms with Crippen molar-refractivity contribution in [2.75, 3.05) is 11.8 Å². The van der Waals surface area contributed by atoms with Crippen molar-refractivity contribution in [3.63, 3.8) is 0 Å². The molecule has 0 amide bonds. The van der Waals surface area contributed by atoms with Crippen LogP contribution in [0.5, 0.6) is 0 Å². The fourth-order valence-corrected chi connectivity index (χ4v) is 4.08. The Bertz CT molecular complexity index is 1150. The van der Waals surface area contributed by atoms with Crippen molar-refractivity contribution in [3.8, 4) is 0 Å². The highest BCUT2D eigenvalue weighted by atomic mass is 32.2. The molecule has 8 heteroatoms. The summed E-state index contributed by atoms with van der Waals surface area (Å²) in [4.78, 5) is 27.2. The topological polar surface area (TPSA) is 105 Å². The van der Waals surface area contributed by atoms with Gasteiger partial charge in [0.1, 0.15) is 0 Å².